The molecule has 3 aromatic rings. The Morgan fingerprint density at radius 3 is 2.48 bits per heavy atom. The molecule has 0 spiro atoms. The maximum atomic E-state index is 4.56. The average molecular weight is 342 g/mol. The summed E-state index contributed by atoms with van der Waals surface area (Å²) in [6.45, 7) is 2.80. The summed E-state index contributed by atoms with van der Waals surface area (Å²) < 4.78 is 3.22. The predicted molar refractivity (Wildman–Crippen MR) is 89.9 cm³/mol. The van der Waals surface area contributed by atoms with Crippen LogP contribution >= 0.6 is 15.9 Å². The minimum Gasteiger partial charge on any atom is -0.326 e. The predicted octanol–water partition coefficient (Wildman–Crippen LogP) is 4.75. The van der Waals surface area contributed by atoms with Crippen LogP contribution in [-0.2, 0) is 6.54 Å². The monoisotopic (exact) mass is 341 g/mol. The highest BCUT2D eigenvalue weighted by Crippen LogP contribution is 2.18. The fraction of sp³-hybridized carbons (Fsp3) is 0.118. The van der Waals surface area contributed by atoms with E-state index in [0.717, 1.165) is 28.3 Å². The molecule has 0 radical (unpaired) electrons. The standard InChI is InChI=1S/C17H16BrN3/c1-13-11-21(12-14-7-9-15(18)10-8-14)17(19-13)20-16-5-3-2-4-6-16/h2-11H,12H2,1H3,(H,19,20). The highest BCUT2D eigenvalue weighted by molar-refractivity contribution is 9.10. The van der Waals surface area contributed by atoms with Crippen molar-refractivity contribution in [3.8, 4) is 0 Å². The molecule has 0 saturated carbocycles. The fourth-order valence-corrected chi connectivity index (χ4v) is 2.47. The molecule has 3 rings (SSSR count). The summed E-state index contributed by atoms with van der Waals surface area (Å²) in [5.74, 6) is 0.863. The molecule has 0 aliphatic carbocycles. The number of rotatable bonds is 4. The number of imidazole rings is 1. The molecule has 1 aromatic heterocycles. The minimum absolute atomic E-state index is 0.795. The number of nitrogens with zero attached hydrogens (tertiary/aromatic N) is 2. The Bertz CT molecular complexity index is 718. The summed E-state index contributed by atoms with van der Waals surface area (Å²) in [7, 11) is 0. The second-order valence-electron chi connectivity index (χ2n) is 4.95. The van der Waals surface area contributed by atoms with Gasteiger partial charge in [-0.25, -0.2) is 4.98 Å². The van der Waals surface area contributed by atoms with Gasteiger partial charge in [-0.15, -0.1) is 0 Å². The van der Waals surface area contributed by atoms with E-state index < -0.39 is 0 Å². The highest BCUT2D eigenvalue weighted by Gasteiger charge is 2.06. The van der Waals surface area contributed by atoms with E-state index in [0.29, 0.717) is 0 Å². The smallest absolute Gasteiger partial charge is 0.207 e. The normalized spacial score (nSPS) is 10.6. The molecule has 1 heterocycles. The van der Waals surface area contributed by atoms with Gasteiger partial charge in [0.05, 0.1) is 12.2 Å². The first-order valence-electron chi connectivity index (χ1n) is 6.81. The summed E-state index contributed by atoms with van der Waals surface area (Å²) in [5, 5.41) is 3.37. The quantitative estimate of drug-likeness (QED) is 0.742. The summed E-state index contributed by atoms with van der Waals surface area (Å²) in [6, 6.07) is 18.4. The van der Waals surface area contributed by atoms with Crippen molar-refractivity contribution in [2.24, 2.45) is 0 Å². The molecule has 2 aromatic carbocycles. The second kappa shape index (κ2) is 6.14. The summed E-state index contributed by atoms with van der Waals surface area (Å²) in [4.78, 5) is 4.56. The lowest BCUT2D eigenvalue weighted by Crippen LogP contribution is -2.04. The minimum atomic E-state index is 0.795. The lowest BCUT2D eigenvalue weighted by atomic mass is 10.2. The number of para-hydroxylation sites is 1. The van der Waals surface area contributed by atoms with E-state index in [1.807, 2.05) is 37.3 Å². The Labute approximate surface area is 132 Å². The maximum Gasteiger partial charge on any atom is 0.207 e. The van der Waals surface area contributed by atoms with Crippen LogP contribution in [0.15, 0.2) is 65.3 Å². The van der Waals surface area contributed by atoms with Gasteiger partial charge >= 0.3 is 0 Å². The first-order chi connectivity index (χ1) is 10.2. The van der Waals surface area contributed by atoms with E-state index >= 15 is 0 Å². The molecule has 0 amide bonds. The van der Waals surface area contributed by atoms with Gasteiger partial charge in [-0.3, -0.25) is 0 Å². The van der Waals surface area contributed by atoms with Gasteiger partial charge in [-0.05, 0) is 36.8 Å². The summed E-state index contributed by atoms with van der Waals surface area (Å²) >= 11 is 3.46. The van der Waals surface area contributed by atoms with Gasteiger partial charge in [-0.2, -0.15) is 0 Å². The van der Waals surface area contributed by atoms with E-state index in [1.165, 1.54) is 5.56 Å². The van der Waals surface area contributed by atoms with Crippen molar-refractivity contribution < 1.29 is 0 Å². The molecule has 3 nitrogen and oxygen atoms in total. The van der Waals surface area contributed by atoms with Crippen LogP contribution in [0, 0.1) is 6.92 Å². The Hall–Kier alpha value is -2.07. The van der Waals surface area contributed by atoms with Crippen LogP contribution < -0.4 is 5.32 Å². The Morgan fingerprint density at radius 1 is 1.05 bits per heavy atom. The van der Waals surface area contributed by atoms with E-state index in [-0.39, 0.29) is 0 Å². The van der Waals surface area contributed by atoms with Gasteiger partial charge in [0.2, 0.25) is 5.95 Å². The average Bonchev–Trinajstić information content (AvgIpc) is 2.82. The van der Waals surface area contributed by atoms with E-state index in [4.69, 9.17) is 0 Å². The summed E-state index contributed by atoms with van der Waals surface area (Å²) in [5.41, 5.74) is 3.29. The van der Waals surface area contributed by atoms with Crippen LogP contribution in [0.2, 0.25) is 0 Å². The van der Waals surface area contributed by atoms with Crippen molar-refractivity contribution in [2.45, 2.75) is 13.5 Å². The van der Waals surface area contributed by atoms with E-state index in [1.54, 1.807) is 0 Å². The molecule has 21 heavy (non-hydrogen) atoms. The van der Waals surface area contributed by atoms with Crippen LogP contribution in [0.3, 0.4) is 0 Å². The number of aromatic nitrogens is 2. The number of hydrogen-bond donors (Lipinski definition) is 1. The number of hydrogen-bond acceptors (Lipinski definition) is 2. The maximum absolute atomic E-state index is 4.56. The van der Waals surface area contributed by atoms with Crippen LogP contribution in [0.1, 0.15) is 11.3 Å². The van der Waals surface area contributed by atoms with Gasteiger partial charge in [0.1, 0.15) is 0 Å². The number of halogens is 1. The van der Waals surface area contributed by atoms with Crippen molar-refractivity contribution >= 4 is 27.6 Å². The van der Waals surface area contributed by atoms with Crippen molar-refractivity contribution in [3.05, 3.63) is 76.5 Å². The molecule has 1 N–H and O–H groups in total. The van der Waals surface area contributed by atoms with Crippen LogP contribution in [0.5, 0.6) is 0 Å². The molecule has 0 atom stereocenters. The summed E-state index contributed by atoms with van der Waals surface area (Å²) in [6.07, 6.45) is 2.06. The van der Waals surface area contributed by atoms with Crippen LogP contribution in [-0.4, -0.2) is 9.55 Å². The molecule has 106 valence electrons. The first kappa shape index (κ1) is 13.9. The largest absolute Gasteiger partial charge is 0.326 e. The molecule has 0 fully saturated rings. The SMILES string of the molecule is Cc1cn(Cc2ccc(Br)cc2)c(Nc2ccccc2)n1. The number of aryl methyl sites for hydroxylation is 1. The number of nitrogens with one attached hydrogen (secondary N) is 1. The lowest BCUT2D eigenvalue weighted by molar-refractivity contribution is 0.807. The Balaban J connectivity index is 1.84. The lowest BCUT2D eigenvalue weighted by Gasteiger charge is -2.10. The first-order valence-corrected chi connectivity index (χ1v) is 7.60. The fourth-order valence-electron chi connectivity index (χ4n) is 2.20. The second-order valence-corrected chi connectivity index (χ2v) is 5.87. The highest BCUT2D eigenvalue weighted by atomic mass is 79.9. The molecule has 0 aliphatic rings. The zero-order valence-electron chi connectivity index (χ0n) is 11.8. The van der Waals surface area contributed by atoms with Gasteiger partial charge in [0.15, 0.2) is 0 Å². The molecular weight excluding hydrogens is 326 g/mol. The van der Waals surface area contributed by atoms with Crippen LogP contribution in [0.4, 0.5) is 11.6 Å². The van der Waals surface area contributed by atoms with Gasteiger partial charge < -0.3 is 9.88 Å². The molecule has 0 saturated heterocycles. The number of anilines is 2. The Kier molecular flexibility index (Phi) is 4.06. The van der Waals surface area contributed by atoms with Gasteiger partial charge in [0.25, 0.3) is 0 Å². The topological polar surface area (TPSA) is 29.9 Å². The third-order valence-corrected chi connectivity index (χ3v) is 3.72. The van der Waals surface area contributed by atoms with Crippen molar-refractivity contribution in [1.82, 2.24) is 9.55 Å². The van der Waals surface area contributed by atoms with E-state index in [9.17, 15) is 0 Å². The molecule has 4 heteroatoms. The molecule has 0 aliphatic heterocycles. The van der Waals surface area contributed by atoms with Crippen molar-refractivity contribution in [3.63, 3.8) is 0 Å². The molecule has 0 unspecified atom stereocenters. The third-order valence-electron chi connectivity index (χ3n) is 3.19. The van der Waals surface area contributed by atoms with Crippen molar-refractivity contribution in [1.29, 1.82) is 0 Å². The molecule has 0 bridgehead atoms. The number of benzene rings is 2. The zero-order valence-corrected chi connectivity index (χ0v) is 13.3. The van der Waals surface area contributed by atoms with Crippen molar-refractivity contribution in [2.75, 3.05) is 5.32 Å². The van der Waals surface area contributed by atoms with Gasteiger partial charge in [0, 0.05) is 16.4 Å². The molecular formula is C17H16BrN3. The van der Waals surface area contributed by atoms with Crippen LogP contribution in [0.25, 0.3) is 0 Å². The van der Waals surface area contributed by atoms with Gasteiger partial charge in [-0.1, -0.05) is 46.3 Å². The zero-order chi connectivity index (χ0) is 14.7. The Morgan fingerprint density at radius 2 is 1.76 bits per heavy atom. The van der Waals surface area contributed by atoms with E-state index in [2.05, 4.69) is 61.3 Å². The third kappa shape index (κ3) is 3.52.